The minimum atomic E-state index is -2.94. The molecule has 0 bridgehead atoms. The third-order valence-electron chi connectivity index (χ3n) is 3.19. The molecule has 0 aromatic heterocycles. The van der Waals surface area contributed by atoms with E-state index in [4.69, 9.17) is 5.11 Å². The number of carboxylic acid groups (broad SMARTS) is 1. The second-order valence-electron chi connectivity index (χ2n) is 4.34. The molecule has 0 unspecified atom stereocenters. The van der Waals surface area contributed by atoms with Gasteiger partial charge < -0.3 is 10.0 Å². The maximum absolute atomic E-state index is 11.3. The van der Waals surface area contributed by atoms with Crippen molar-refractivity contribution in [3.05, 3.63) is 0 Å². The standard InChI is InChI=1S/C9H17NO4S/c1-10(2)9(7-8(11)12)3-5-15(13,14)6-4-9/h3-7H2,1-2H3,(H,11,12). The largest absolute Gasteiger partial charge is 0.481 e. The highest BCUT2D eigenvalue weighted by Crippen LogP contribution is 2.31. The Morgan fingerprint density at radius 3 is 2.13 bits per heavy atom. The Bertz CT molecular complexity index is 333. The summed E-state index contributed by atoms with van der Waals surface area (Å²) >= 11 is 0. The highest BCUT2D eigenvalue weighted by molar-refractivity contribution is 7.91. The predicted molar refractivity (Wildman–Crippen MR) is 56.6 cm³/mol. The molecule has 1 N–H and O–H groups in total. The fourth-order valence-electron chi connectivity index (χ4n) is 1.98. The van der Waals surface area contributed by atoms with E-state index >= 15 is 0 Å². The van der Waals surface area contributed by atoms with E-state index in [1.165, 1.54) is 0 Å². The quantitative estimate of drug-likeness (QED) is 0.743. The summed E-state index contributed by atoms with van der Waals surface area (Å²) in [6.07, 6.45) is 0.832. The zero-order chi connectivity index (χ0) is 11.7. The van der Waals surface area contributed by atoms with Crippen molar-refractivity contribution in [1.29, 1.82) is 0 Å². The molecule has 6 heteroatoms. The van der Waals surface area contributed by atoms with E-state index in [0.29, 0.717) is 12.8 Å². The molecule has 5 nitrogen and oxygen atoms in total. The van der Waals surface area contributed by atoms with E-state index in [1.54, 1.807) is 14.1 Å². The zero-order valence-corrected chi connectivity index (χ0v) is 9.88. The van der Waals surface area contributed by atoms with Crippen LogP contribution in [-0.2, 0) is 14.6 Å². The van der Waals surface area contributed by atoms with Crippen molar-refractivity contribution in [3.8, 4) is 0 Å². The fourth-order valence-corrected chi connectivity index (χ4v) is 3.57. The molecule has 15 heavy (non-hydrogen) atoms. The number of aliphatic carboxylic acids is 1. The van der Waals surface area contributed by atoms with Gasteiger partial charge in [0.15, 0.2) is 0 Å². The van der Waals surface area contributed by atoms with Gasteiger partial charge in [0.1, 0.15) is 9.84 Å². The van der Waals surface area contributed by atoms with Gasteiger partial charge in [0.25, 0.3) is 0 Å². The van der Waals surface area contributed by atoms with Gasteiger partial charge in [-0.15, -0.1) is 0 Å². The second-order valence-corrected chi connectivity index (χ2v) is 6.64. The molecular weight excluding hydrogens is 218 g/mol. The Hall–Kier alpha value is -0.620. The van der Waals surface area contributed by atoms with E-state index in [-0.39, 0.29) is 17.9 Å². The Morgan fingerprint density at radius 2 is 1.80 bits per heavy atom. The van der Waals surface area contributed by atoms with Crippen LogP contribution in [0.5, 0.6) is 0 Å². The van der Waals surface area contributed by atoms with Gasteiger partial charge >= 0.3 is 5.97 Å². The van der Waals surface area contributed by atoms with Crippen molar-refractivity contribution in [3.63, 3.8) is 0 Å². The second kappa shape index (κ2) is 4.09. The number of hydrogen-bond acceptors (Lipinski definition) is 4. The van der Waals surface area contributed by atoms with Crippen LogP contribution in [-0.4, -0.2) is 55.5 Å². The van der Waals surface area contributed by atoms with Crippen LogP contribution in [0.25, 0.3) is 0 Å². The lowest BCUT2D eigenvalue weighted by Crippen LogP contribution is -2.51. The van der Waals surface area contributed by atoms with Crippen LogP contribution in [0.3, 0.4) is 0 Å². The summed E-state index contributed by atoms with van der Waals surface area (Å²) in [6.45, 7) is 0. The molecule has 1 aliphatic rings. The van der Waals surface area contributed by atoms with E-state index in [1.807, 2.05) is 4.90 Å². The third-order valence-corrected chi connectivity index (χ3v) is 4.84. The van der Waals surface area contributed by atoms with E-state index in [2.05, 4.69) is 0 Å². The number of sulfone groups is 1. The van der Waals surface area contributed by atoms with Gasteiger partial charge in [0.05, 0.1) is 17.9 Å². The molecule has 0 aliphatic carbocycles. The summed E-state index contributed by atoms with van der Waals surface area (Å²) in [6, 6.07) is 0. The fraction of sp³-hybridized carbons (Fsp3) is 0.889. The van der Waals surface area contributed by atoms with Crippen molar-refractivity contribution in [2.75, 3.05) is 25.6 Å². The number of hydrogen-bond donors (Lipinski definition) is 1. The number of nitrogens with zero attached hydrogens (tertiary/aromatic N) is 1. The molecule has 1 fully saturated rings. The van der Waals surface area contributed by atoms with Gasteiger partial charge in [-0.25, -0.2) is 8.42 Å². The van der Waals surface area contributed by atoms with Crippen LogP contribution >= 0.6 is 0 Å². The van der Waals surface area contributed by atoms with Crippen molar-refractivity contribution >= 4 is 15.8 Å². The van der Waals surface area contributed by atoms with Crippen molar-refractivity contribution in [2.45, 2.75) is 24.8 Å². The van der Waals surface area contributed by atoms with Gasteiger partial charge in [-0.05, 0) is 26.9 Å². The summed E-state index contributed by atoms with van der Waals surface area (Å²) in [4.78, 5) is 12.6. The maximum atomic E-state index is 11.3. The predicted octanol–water partition coefficient (Wildman–Crippen LogP) is -0.0299. The lowest BCUT2D eigenvalue weighted by molar-refractivity contribution is -0.140. The van der Waals surface area contributed by atoms with Crippen molar-refractivity contribution in [2.24, 2.45) is 0 Å². The van der Waals surface area contributed by atoms with E-state index < -0.39 is 21.3 Å². The molecule has 1 saturated heterocycles. The van der Waals surface area contributed by atoms with Gasteiger partial charge in [0, 0.05) is 5.54 Å². The van der Waals surface area contributed by atoms with Gasteiger partial charge in [-0.3, -0.25) is 4.79 Å². The first-order valence-corrected chi connectivity index (χ1v) is 6.69. The van der Waals surface area contributed by atoms with Crippen LogP contribution in [0.15, 0.2) is 0 Å². The molecule has 0 atom stereocenters. The maximum Gasteiger partial charge on any atom is 0.305 e. The summed E-state index contributed by atoms with van der Waals surface area (Å²) in [5.41, 5.74) is -0.489. The first-order chi connectivity index (χ1) is 6.77. The average Bonchev–Trinajstić information content (AvgIpc) is 2.08. The lowest BCUT2D eigenvalue weighted by atomic mass is 9.87. The van der Waals surface area contributed by atoms with Crippen LogP contribution in [0.2, 0.25) is 0 Å². The minimum Gasteiger partial charge on any atom is -0.481 e. The van der Waals surface area contributed by atoms with E-state index in [9.17, 15) is 13.2 Å². The first-order valence-electron chi connectivity index (χ1n) is 4.87. The van der Waals surface area contributed by atoms with Gasteiger partial charge in [-0.2, -0.15) is 0 Å². The van der Waals surface area contributed by atoms with E-state index in [0.717, 1.165) is 0 Å². The number of rotatable bonds is 3. The molecule has 0 spiro atoms. The van der Waals surface area contributed by atoms with Crippen LogP contribution in [0.1, 0.15) is 19.3 Å². The zero-order valence-electron chi connectivity index (χ0n) is 9.06. The highest BCUT2D eigenvalue weighted by atomic mass is 32.2. The molecular formula is C9H17NO4S. The lowest BCUT2D eigenvalue weighted by Gasteiger charge is -2.41. The Balaban J connectivity index is 2.82. The molecule has 0 saturated carbocycles. The minimum absolute atomic E-state index is 0.00944. The molecule has 1 rings (SSSR count). The molecule has 0 aromatic rings. The number of carboxylic acids is 1. The Kier molecular flexibility index (Phi) is 3.40. The van der Waals surface area contributed by atoms with Crippen molar-refractivity contribution < 1.29 is 18.3 Å². The molecule has 88 valence electrons. The highest BCUT2D eigenvalue weighted by Gasteiger charge is 2.40. The summed E-state index contributed by atoms with van der Waals surface area (Å²) in [7, 11) is 0.670. The Morgan fingerprint density at radius 1 is 1.33 bits per heavy atom. The SMILES string of the molecule is CN(C)C1(CC(=O)O)CCS(=O)(=O)CC1. The Labute approximate surface area is 90.0 Å². The normalized spacial score (nSPS) is 23.9. The summed E-state index contributed by atoms with van der Waals surface area (Å²) in [5, 5.41) is 8.83. The monoisotopic (exact) mass is 235 g/mol. The van der Waals surface area contributed by atoms with Gasteiger partial charge in [-0.1, -0.05) is 0 Å². The molecule has 0 radical (unpaired) electrons. The molecule has 0 aromatic carbocycles. The summed E-state index contributed by atoms with van der Waals surface area (Å²) in [5.74, 6) is -0.681. The smallest absolute Gasteiger partial charge is 0.305 e. The molecule has 1 aliphatic heterocycles. The average molecular weight is 235 g/mol. The molecule has 1 heterocycles. The van der Waals surface area contributed by atoms with Crippen LogP contribution in [0, 0.1) is 0 Å². The van der Waals surface area contributed by atoms with Gasteiger partial charge in [0.2, 0.25) is 0 Å². The summed E-state index contributed by atoms with van der Waals surface area (Å²) < 4.78 is 22.6. The molecule has 0 amide bonds. The van der Waals surface area contributed by atoms with Crippen LogP contribution in [0.4, 0.5) is 0 Å². The number of carbonyl (C=O) groups is 1. The van der Waals surface area contributed by atoms with Crippen molar-refractivity contribution in [1.82, 2.24) is 4.90 Å². The first kappa shape index (κ1) is 12.4. The third kappa shape index (κ3) is 2.92. The van der Waals surface area contributed by atoms with Crippen LogP contribution < -0.4 is 0 Å². The topological polar surface area (TPSA) is 74.7 Å².